The van der Waals surface area contributed by atoms with Gasteiger partial charge in [0.2, 0.25) is 0 Å². The number of carboxylic acid groups (broad SMARTS) is 1. The number of carbonyl (C=O) groups excluding carboxylic acids is 2. The fourth-order valence-electron chi connectivity index (χ4n) is 0.102. The molecule has 0 aromatic rings. The van der Waals surface area contributed by atoms with Crippen LogP contribution in [-0.2, 0) is 9.59 Å². The minimum Gasteiger partial charge on any atom is -0.870 e. The summed E-state index contributed by atoms with van der Waals surface area (Å²) < 4.78 is 0. The van der Waals surface area contributed by atoms with Gasteiger partial charge in [-0.2, -0.15) is 12.2 Å². The van der Waals surface area contributed by atoms with Gasteiger partial charge in [-0.05, 0) is 12.3 Å². The van der Waals surface area contributed by atoms with E-state index in [1.807, 2.05) is 0 Å². The Kier molecular flexibility index (Phi) is 39.2. The second-order valence-electron chi connectivity index (χ2n) is 0.770. The Morgan fingerprint density at radius 3 is 1.90 bits per heavy atom. The minimum absolute atomic E-state index is 0. The first kappa shape index (κ1) is 22.7. The van der Waals surface area contributed by atoms with Gasteiger partial charge in [0, 0.05) is 0 Å². The van der Waals surface area contributed by atoms with Gasteiger partial charge in [0.15, 0.2) is 0 Å². The maximum absolute atomic E-state index is 9.38. The molecule has 0 aliphatic rings. The molecule has 0 heterocycles. The van der Waals surface area contributed by atoms with Gasteiger partial charge in [-0.3, -0.25) is 0 Å². The first-order valence-corrected chi connectivity index (χ1v) is 1.52. The number of hydrogen-bond acceptors (Lipinski definition) is 4. The number of hydrogen-bond donors (Lipinski definition) is 0. The normalized spacial score (nSPS) is 6.40. The average Bonchev–Trinajstić information content (AvgIpc) is 1.61. The summed E-state index contributed by atoms with van der Waals surface area (Å²) in [7, 11) is 0. The van der Waals surface area contributed by atoms with E-state index in [0.29, 0.717) is 6.08 Å². The predicted molar refractivity (Wildman–Crippen MR) is 21.8 cm³/mol. The summed E-state index contributed by atoms with van der Waals surface area (Å²) in [6.45, 7) is 0. The van der Waals surface area contributed by atoms with Crippen molar-refractivity contribution >= 4 is 12.3 Å². The first-order chi connectivity index (χ1) is 3.27. The Balaban J connectivity index is -0.0000000600. The van der Waals surface area contributed by atoms with Crippen LogP contribution in [0.15, 0.2) is 12.2 Å². The van der Waals surface area contributed by atoms with Crippen molar-refractivity contribution in [3.63, 3.8) is 0 Å². The molecule has 0 aromatic carbocycles. The van der Waals surface area contributed by atoms with E-state index in [1.54, 1.807) is 0 Å². The maximum atomic E-state index is 9.38. The van der Waals surface area contributed by atoms with Gasteiger partial charge in [-0.25, -0.2) is 0 Å². The van der Waals surface area contributed by atoms with Crippen molar-refractivity contribution in [1.29, 1.82) is 0 Å². The number of rotatable bonds is 2. The summed E-state index contributed by atoms with van der Waals surface area (Å²) in [5.74, 6) is -1.39. The molecule has 0 rings (SSSR count). The zero-order valence-corrected chi connectivity index (χ0v) is 12.1. The fourth-order valence-corrected chi connectivity index (χ4v) is 0.102. The number of carbonyl (C=O) groups is 1. The fraction of sp³-hybridized carbons (Fsp3) is 0. The summed E-state index contributed by atoms with van der Waals surface area (Å²) in [5.41, 5.74) is 0. The quantitative estimate of drug-likeness (QED) is 0.247. The molecule has 0 radical (unpaired) electrons. The third kappa shape index (κ3) is 22.5. The molecule has 10 heavy (non-hydrogen) atoms. The molecule has 0 saturated heterocycles. The van der Waals surface area contributed by atoms with Crippen LogP contribution in [0.4, 0.5) is 0 Å². The van der Waals surface area contributed by atoms with E-state index in [1.165, 1.54) is 6.29 Å². The first-order valence-electron chi connectivity index (χ1n) is 1.52. The van der Waals surface area contributed by atoms with Crippen LogP contribution < -0.4 is 108 Å². The van der Waals surface area contributed by atoms with Crippen LogP contribution in [0.5, 0.6) is 0 Å². The number of aliphatic carboxylic acids is 1. The van der Waals surface area contributed by atoms with Crippen molar-refractivity contribution in [3.8, 4) is 0 Å². The molecule has 0 saturated carbocycles. The molecule has 0 aliphatic heterocycles. The summed E-state index contributed by atoms with van der Waals surface area (Å²) in [4.78, 5) is 18.6. The van der Waals surface area contributed by atoms with Crippen LogP contribution in [-0.4, -0.2) is 17.7 Å². The van der Waals surface area contributed by atoms with Crippen molar-refractivity contribution < 1.29 is 123 Å². The molecule has 0 aromatic heterocycles. The number of allylic oxidation sites excluding steroid dienone is 1. The molecule has 0 aliphatic carbocycles. The second-order valence-corrected chi connectivity index (χ2v) is 0.770. The van der Waals surface area contributed by atoms with Crippen LogP contribution in [0.2, 0.25) is 0 Å². The Bertz CT molecular complexity index is 112. The summed E-state index contributed by atoms with van der Waals surface area (Å²) >= 11 is 0. The third-order valence-electron chi connectivity index (χ3n) is 0.287. The van der Waals surface area contributed by atoms with E-state index in [9.17, 15) is 14.7 Å². The smallest absolute Gasteiger partial charge is 0.870 e. The Labute approximate surface area is 144 Å². The SMILES string of the molecule is O=[C-]/C=C/C(=O)[O-].[K+].[K+].[OH-]. The molecule has 0 fully saturated rings. The molecule has 0 unspecified atom stereocenters. The van der Waals surface area contributed by atoms with Crippen LogP contribution in [0, 0.1) is 0 Å². The van der Waals surface area contributed by atoms with Crippen LogP contribution in [0.25, 0.3) is 0 Å². The van der Waals surface area contributed by atoms with Crippen LogP contribution in [0.3, 0.4) is 0 Å². The summed E-state index contributed by atoms with van der Waals surface area (Å²) in [5, 5.41) is 9.38. The minimum atomic E-state index is -1.39. The number of carboxylic acids is 1. The average molecular weight is 193 g/mol. The molecule has 4 nitrogen and oxygen atoms in total. The topological polar surface area (TPSA) is 87.2 Å². The van der Waals surface area contributed by atoms with Crippen molar-refractivity contribution in [2.75, 3.05) is 0 Å². The van der Waals surface area contributed by atoms with Crippen LogP contribution >= 0.6 is 0 Å². The summed E-state index contributed by atoms with van der Waals surface area (Å²) in [6, 6.07) is 0. The van der Waals surface area contributed by atoms with Crippen molar-refractivity contribution in [3.05, 3.63) is 12.2 Å². The van der Waals surface area contributed by atoms with Crippen LogP contribution in [0.1, 0.15) is 0 Å². The Morgan fingerprint density at radius 1 is 1.40 bits per heavy atom. The molecule has 0 amide bonds. The zero-order valence-electron chi connectivity index (χ0n) is 5.83. The van der Waals surface area contributed by atoms with Gasteiger partial charge in [0.25, 0.3) is 0 Å². The van der Waals surface area contributed by atoms with Gasteiger partial charge in [0.05, 0.1) is 0 Å². The van der Waals surface area contributed by atoms with Gasteiger partial charge in [-0.1, -0.05) is 0 Å². The molecule has 0 atom stereocenters. The standard InChI is InChI=1S/C4H3O3.2K.H2O/c5-3-1-2-4(6)7;;;/h1-2H,(H,6,7);;;1H2/q-1;2*+1;/p-2/b2-1+;;;. The molecule has 0 spiro atoms. The Morgan fingerprint density at radius 2 is 1.80 bits per heavy atom. The molecular weight excluding hydrogens is 190 g/mol. The van der Waals surface area contributed by atoms with Gasteiger partial charge in [-0.15, -0.1) is 0 Å². The monoisotopic (exact) mass is 193 g/mol. The predicted octanol–water partition coefficient (Wildman–Crippen LogP) is -7.77. The van der Waals surface area contributed by atoms with E-state index in [0.717, 1.165) is 6.08 Å². The maximum Gasteiger partial charge on any atom is 1.00 e. The van der Waals surface area contributed by atoms with Crippen molar-refractivity contribution in [1.82, 2.24) is 0 Å². The van der Waals surface area contributed by atoms with E-state index in [2.05, 4.69) is 0 Å². The van der Waals surface area contributed by atoms with Gasteiger partial charge >= 0.3 is 103 Å². The molecule has 6 heteroatoms. The Hall–Kier alpha value is 2.11. The van der Waals surface area contributed by atoms with E-state index in [-0.39, 0.29) is 108 Å². The zero-order chi connectivity index (χ0) is 5.70. The van der Waals surface area contributed by atoms with Gasteiger partial charge in [0.1, 0.15) is 0 Å². The van der Waals surface area contributed by atoms with Crippen molar-refractivity contribution in [2.45, 2.75) is 0 Å². The second kappa shape index (κ2) is 17.3. The third-order valence-corrected chi connectivity index (χ3v) is 0.287. The van der Waals surface area contributed by atoms with Crippen molar-refractivity contribution in [2.24, 2.45) is 0 Å². The molecular formula is C4H3K2O4-. The summed E-state index contributed by atoms with van der Waals surface area (Å²) in [6.07, 6.45) is 2.58. The van der Waals surface area contributed by atoms with Gasteiger partial charge < -0.3 is 20.2 Å². The molecule has 46 valence electrons. The molecule has 1 N–H and O–H groups in total. The van der Waals surface area contributed by atoms with E-state index in [4.69, 9.17) is 0 Å². The molecule has 0 bridgehead atoms. The largest absolute Gasteiger partial charge is 1.00 e. The van der Waals surface area contributed by atoms with E-state index >= 15 is 0 Å². The van der Waals surface area contributed by atoms with E-state index < -0.39 is 5.97 Å².